The second-order valence-corrected chi connectivity index (χ2v) is 7.10. The maximum absolute atomic E-state index is 13.5. The van der Waals surface area contributed by atoms with Gasteiger partial charge in [0.1, 0.15) is 5.82 Å². The smallest absolute Gasteiger partial charge is 0.322 e. The Morgan fingerprint density at radius 2 is 1.30 bits per heavy atom. The van der Waals surface area contributed by atoms with E-state index in [1.54, 1.807) is 12.1 Å². The van der Waals surface area contributed by atoms with Crippen molar-refractivity contribution in [3.8, 4) is 0 Å². The molecule has 3 rings (SSSR count). The van der Waals surface area contributed by atoms with Gasteiger partial charge in [-0.15, -0.1) is 0 Å². The molecule has 0 aliphatic carbocycles. The van der Waals surface area contributed by atoms with Crippen LogP contribution in [0, 0.1) is 5.82 Å². The maximum Gasteiger partial charge on any atom is 0.418 e. The molecular formula is C21H13BrF4N2O2. The van der Waals surface area contributed by atoms with Crippen LogP contribution in [0.2, 0.25) is 0 Å². The van der Waals surface area contributed by atoms with Crippen LogP contribution in [0.1, 0.15) is 26.3 Å². The molecular weight excluding hydrogens is 468 g/mol. The first-order valence-electron chi connectivity index (χ1n) is 8.48. The van der Waals surface area contributed by atoms with E-state index in [9.17, 15) is 27.2 Å². The Morgan fingerprint density at radius 1 is 0.767 bits per heavy atom. The summed E-state index contributed by atoms with van der Waals surface area (Å²) in [6, 6.07) is 13.7. The standard InChI is InChI=1S/C21H13BrF4N2O2/c22-14-5-1-12(2-6-14)20(30)28-18-10-9-16(11-17(18)21(24,25)26)27-19(29)13-3-7-15(23)8-4-13/h1-11H,(H,27,29)(H,28,30). The molecule has 2 amide bonds. The maximum atomic E-state index is 13.5. The van der Waals surface area contributed by atoms with Crippen molar-refractivity contribution in [3.63, 3.8) is 0 Å². The number of hydrogen-bond acceptors (Lipinski definition) is 2. The van der Waals surface area contributed by atoms with Crippen molar-refractivity contribution in [2.75, 3.05) is 10.6 Å². The summed E-state index contributed by atoms with van der Waals surface area (Å²) in [6.45, 7) is 0. The van der Waals surface area contributed by atoms with Crippen LogP contribution in [0.25, 0.3) is 0 Å². The second kappa shape index (κ2) is 8.66. The monoisotopic (exact) mass is 480 g/mol. The van der Waals surface area contributed by atoms with Gasteiger partial charge >= 0.3 is 6.18 Å². The summed E-state index contributed by atoms with van der Waals surface area (Å²) in [6.07, 6.45) is -4.78. The normalized spacial score (nSPS) is 11.1. The molecule has 0 saturated heterocycles. The summed E-state index contributed by atoms with van der Waals surface area (Å²) in [5, 5.41) is 4.57. The Balaban J connectivity index is 1.84. The molecule has 4 nitrogen and oxygen atoms in total. The Labute approximate surface area is 177 Å². The number of amides is 2. The molecule has 154 valence electrons. The molecule has 2 N–H and O–H groups in total. The molecule has 3 aromatic carbocycles. The van der Waals surface area contributed by atoms with Gasteiger partial charge in [-0.1, -0.05) is 15.9 Å². The van der Waals surface area contributed by atoms with E-state index in [0.29, 0.717) is 0 Å². The average Bonchev–Trinajstić information content (AvgIpc) is 2.69. The lowest BCUT2D eigenvalue weighted by Crippen LogP contribution is -2.18. The molecule has 9 heteroatoms. The third-order valence-corrected chi connectivity index (χ3v) is 4.57. The number of benzene rings is 3. The minimum Gasteiger partial charge on any atom is -0.322 e. The molecule has 0 aromatic heterocycles. The van der Waals surface area contributed by atoms with Crippen LogP contribution in [0.15, 0.2) is 71.2 Å². The molecule has 0 fully saturated rings. The molecule has 0 aliphatic heterocycles. The van der Waals surface area contributed by atoms with Crippen LogP contribution in [0.5, 0.6) is 0 Å². The summed E-state index contributed by atoms with van der Waals surface area (Å²) in [5.74, 6) is -1.96. The van der Waals surface area contributed by atoms with Crippen LogP contribution in [-0.2, 0) is 6.18 Å². The van der Waals surface area contributed by atoms with Gasteiger partial charge in [-0.3, -0.25) is 9.59 Å². The van der Waals surface area contributed by atoms with E-state index < -0.39 is 35.1 Å². The van der Waals surface area contributed by atoms with Crippen molar-refractivity contribution < 1.29 is 27.2 Å². The predicted octanol–water partition coefficient (Wildman–Crippen LogP) is 6.11. The van der Waals surface area contributed by atoms with Crippen molar-refractivity contribution >= 4 is 39.1 Å². The zero-order chi connectivity index (χ0) is 21.9. The minimum absolute atomic E-state index is 0.0811. The van der Waals surface area contributed by atoms with Crippen LogP contribution in [0.4, 0.5) is 28.9 Å². The van der Waals surface area contributed by atoms with Crippen LogP contribution in [-0.4, -0.2) is 11.8 Å². The SMILES string of the molecule is O=C(Nc1ccc(NC(=O)c2ccc(Br)cc2)c(C(F)(F)F)c1)c1ccc(F)cc1. The number of anilines is 2. The highest BCUT2D eigenvalue weighted by Crippen LogP contribution is 2.37. The van der Waals surface area contributed by atoms with Gasteiger partial charge in [-0.2, -0.15) is 13.2 Å². The zero-order valence-corrected chi connectivity index (χ0v) is 16.6. The number of nitrogens with one attached hydrogen (secondary N) is 2. The first-order valence-corrected chi connectivity index (χ1v) is 9.28. The molecule has 0 aliphatic rings. The third kappa shape index (κ3) is 5.24. The number of carbonyl (C=O) groups excluding carboxylic acids is 2. The second-order valence-electron chi connectivity index (χ2n) is 6.18. The Bertz CT molecular complexity index is 1080. The summed E-state index contributed by atoms with van der Waals surface area (Å²) in [7, 11) is 0. The van der Waals surface area contributed by atoms with Gasteiger partial charge in [-0.25, -0.2) is 4.39 Å². The molecule has 0 spiro atoms. The first kappa shape index (κ1) is 21.5. The largest absolute Gasteiger partial charge is 0.418 e. The number of halogens is 5. The fraction of sp³-hybridized carbons (Fsp3) is 0.0476. The molecule has 0 heterocycles. The van der Waals surface area contributed by atoms with Crippen molar-refractivity contribution in [2.45, 2.75) is 6.18 Å². The number of carbonyl (C=O) groups is 2. The van der Waals surface area contributed by atoms with Crippen LogP contribution in [0.3, 0.4) is 0 Å². The van der Waals surface area contributed by atoms with Gasteiger partial charge in [0.2, 0.25) is 0 Å². The topological polar surface area (TPSA) is 58.2 Å². The first-order chi connectivity index (χ1) is 14.1. The van der Waals surface area contributed by atoms with E-state index in [4.69, 9.17) is 0 Å². The summed E-state index contributed by atoms with van der Waals surface area (Å²) in [4.78, 5) is 24.5. The molecule has 0 unspecified atom stereocenters. The predicted molar refractivity (Wildman–Crippen MR) is 108 cm³/mol. The minimum atomic E-state index is -4.78. The molecule has 30 heavy (non-hydrogen) atoms. The zero-order valence-electron chi connectivity index (χ0n) is 15.1. The Hall–Kier alpha value is -3.20. The van der Waals surface area contributed by atoms with Crippen molar-refractivity contribution in [1.29, 1.82) is 0 Å². The van der Waals surface area contributed by atoms with Gasteiger partial charge in [0.15, 0.2) is 0 Å². The Kier molecular flexibility index (Phi) is 6.21. The van der Waals surface area contributed by atoms with E-state index in [-0.39, 0.29) is 16.8 Å². The van der Waals surface area contributed by atoms with Gasteiger partial charge in [0, 0.05) is 21.3 Å². The van der Waals surface area contributed by atoms with Gasteiger partial charge in [0.25, 0.3) is 11.8 Å². The van der Waals surface area contributed by atoms with Crippen molar-refractivity contribution in [3.05, 3.63) is 93.7 Å². The third-order valence-electron chi connectivity index (χ3n) is 4.04. The van der Waals surface area contributed by atoms with Crippen molar-refractivity contribution in [2.24, 2.45) is 0 Å². The van der Waals surface area contributed by atoms with E-state index in [1.165, 1.54) is 30.3 Å². The highest BCUT2D eigenvalue weighted by Gasteiger charge is 2.34. The fourth-order valence-electron chi connectivity index (χ4n) is 2.57. The molecule has 0 radical (unpaired) electrons. The molecule has 3 aromatic rings. The van der Waals surface area contributed by atoms with Gasteiger partial charge < -0.3 is 10.6 Å². The lowest BCUT2D eigenvalue weighted by molar-refractivity contribution is -0.136. The summed E-state index contributed by atoms with van der Waals surface area (Å²) in [5.41, 5.74) is -1.43. The van der Waals surface area contributed by atoms with Crippen molar-refractivity contribution in [1.82, 2.24) is 0 Å². The number of rotatable bonds is 4. The van der Waals surface area contributed by atoms with Gasteiger partial charge in [-0.05, 0) is 66.7 Å². The van der Waals surface area contributed by atoms with Crippen LogP contribution < -0.4 is 10.6 Å². The fourth-order valence-corrected chi connectivity index (χ4v) is 2.83. The average molecular weight is 481 g/mol. The lowest BCUT2D eigenvalue weighted by Gasteiger charge is -2.16. The van der Waals surface area contributed by atoms with E-state index >= 15 is 0 Å². The van der Waals surface area contributed by atoms with E-state index in [2.05, 4.69) is 26.6 Å². The number of hydrogen-bond donors (Lipinski definition) is 2. The summed E-state index contributed by atoms with van der Waals surface area (Å²) >= 11 is 3.21. The van der Waals surface area contributed by atoms with E-state index in [1.807, 2.05) is 0 Å². The Morgan fingerprint density at radius 3 is 1.87 bits per heavy atom. The highest BCUT2D eigenvalue weighted by atomic mass is 79.9. The lowest BCUT2D eigenvalue weighted by atomic mass is 10.1. The molecule has 0 bridgehead atoms. The highest BCUT2D eigenvalue weighted by molar-refractivity contribution is 9.10. The van der Waals surface area contributed by atoms with E-state index in [0.717, 1.165) is 28.7 Å². The molecule has 0 saturated carbocycles. The molecule has 0 atom stereocenters. The quantitative estimate of drug-likeness (QED) is 0.442. The number of alkyl halides is 3. The summed E-state index contributed by atoms with van der Waals surface area (Å²) < 4.78 is 54.3. The van der Waals surface area contributed by atoms with Gasteiger partial charge in [0.05, 0.1) is 11.3 Å². The van der Waals surface area contributed by atoms with Crippen LogP contribution >= 0.6 is 15.9 Å².